The van der Waals surface area contributed by atoms with Gasteiger partial charge in [-0.15, -0.1) is 0 Å². The number of carbonyl (C=O) groups is 1. The largest absolute Gasteiger partial charge is 0.550 e. The Kier molecular flexibility index (Phi) is 14.5. The molecule has 0 aromatic heterocycles. The highest BCUT2D eigenvalue weighted by Crippen LogP contribution is 2.18. The summed E-state index contributed by atoms with van der Waals surface area (Å²) in [5, 5.41) is 11.1. The molecule has 0 spiro atoms. The SMILES string of the molecule is CCCCCCCCC(CCCCCCCC)C(=O)[O-]. The van der Waals surface area contributed by atoms with Gasteiger partial charge in [0.05, 0.1) is 0 Å². The number of carboxylic acids is 1. The van der Waals surface area contributed by atoms with Gasteiger partial charge in [-0.05, 0) is 18.8 Å². The Bertz CT molecular complexity index is 197. The molecule has 0 radical (unpaired) electrons. The molecular weight excluding hydrogens is 248 g/mol. The second-order valence-corrected chi connectivity index (χ2v) is 6.13. The van der Waals surface area contributed by atoms with Crippen molar-refractivity contribution in [2.75, 3.05) is 0 Å². The molecule has 0 bridgehead atoms. The van der Waals surface area contributed by atoms with Crippen molar-refractivity contribution in [2.45, 2.75) is 104 Å². The van der Waals surface area contributed by atoms with Gasteiger partial charge in [-0.25, -0.2) is 0 Å². The smallest absolute Gasteiger partial charge is 0.0445 e. The van der Waals surface area contributed by atoms with Crippen molar-refractivity contribution in [1.29, 1.82) is 0 Å². The Morgan fingerprint density at radius 2 is 1.05 bits per heavy atom. The minimum atomic E-state index is -0.827. The molecule has 0 amide bonds. The lowest BCUT2D eigenvalue weighted by atomic mass is 9.94. The molecule has 2 nitrogen and oxygen atoms in total. The lowest BCUT2D eigenvalue weighted by Gasteiger charge is -2.17. The van der Waals surface area contributed by atoms with Crippen molar-refractivity contribution in [3.63, 3.8) is 0 Å². The quantitative estimate of drug-likeness (QED) is 0.403. The number of unbranched alkanes of at least 4 members (excludes halogenated alkanes) is 10. The highest BCUT2D eigenvalue weighted by atomic mass is 16.4. The molecule has 2 heteroatoms. The molecule has 120 valence electrons. The Hall–Kier alpha value is -0.530. The molecule has 0 rings (SSSR count). The molecule has 0 saturated heterocycles. The van der Waals surface area contributed by atoms with E-state index in [4.69, 9.17) is 0 Å². The van der Waals surface area contributed by atoms with Gasteiger partial charge in [-0.1, -0.05) is 90.9 Å². The zero-order chi connectivity index (χ0) is 15.1. The van der Waals surface area contributed by atoms with Crippen molar-refractivity contribution in [1.82, 2.24) is 0 Å². The number of hydrogen-bond acceptors (Lipinski definition) is 2. The van der Waals surface area contributed by atoms with E-state index < -0.39 is 5.97 Å². The zero-order valence-corrected chi connectivity index (χ0v) is 13.8. The molecule has 0 saturated carbocycles. The first-order chi connectivity index (χ1) is 9.72. The predicted octanol–water partition coefficient (Wildman–Crippen LogP) is 4.85. The van der Waals surface area contributed by atoms with Crippen molar-refractivity contribution < 1.29 is 9.90 Å². The van der Waals surface area contributed by atoms with Gasteiger partial charge in [0.25, 0.3) is 0 Å². The van der Waals surface area contributed by atoms with E-state index in [1.165, 1.54) is 64.2 Å². The van der Waals surface area contributed by atoms with Crippen LogP contribution in [0.25, 0.3) is 0 Å². The molecule has 20 heavy (non-hydrogen) atoms. The van der Waals surface area contributed by atoms with Crippen molar-refractivity contribution in [3.05, 3.63) is 0 Å². The fourth-order valence-corrected chi connectivity index (χ4v) is 2.72. The molecule has 0 aliphatic carbocycles. The summed E-state index contributed by atoms with van der Waals surface area (Å²) in [7, 11) is 0. The van der Waals surface area contributed by atoms with Crippen LogP contribution in [-0.2, 0) is 4.79 Å². The monoisotopic (exact) mass is 283 g/mol. The molecule has 0 aliphatic rings. The number of aliphatic carboxylic acids is 1. The molecule has 0 heterocycles. The van der Waals surface area contributed by atoms with Crippen LogP contribution >= 0.6 is 0 Å². The van der Waals surface area contributed by atoms with Gasteiger partial charge in [0.15, 0.2) is 0 Å². The maximum atomic E-state index is 11.1. The van der Waals surface area contributed by atoms with E-state index in [0.29, 0.717) is 0 Å². The Labute approximate surface area is 126 Å². The molecule has 0 aliphatic heterocycles. The fraction of sp³-hybridized carbons (Fsp3) is 0.944. The van der Waals surface area contributed by atoms with E-state index in [9.17, 15) is 9.90 Å². The van der Waals surface area contributed by atoms with Gasteiger partial charge in [0.1, 0.15) is 0 Å². The lowest BCUT2D eigenvalue weighted by molar-refractivity contribution is -0.312. The van der Waals surface area contributed by atoms with Crippen LogP contribution in [-0.4, -0.2) is 5.97 Å². The van der Waals surface area contributed by atoms with Gasteiger partial charge in [0.2, 0.25) is 0 Å². The normalized spacial score (nSPS) is 11.2. The Morgan fingerprint density at radius 1 is 0.700 bits per heavy atom. The van der Waals surface area contributed by atoms with Gasteiger partial charge in [0, 0.05) is 5.97 Å². The van der Waals surface area contributed by atoms with E-state index in [1.807, 2.05) is 0 Å². The Morgan fingerprint density at radius 3 is 1.40 bits per heavy atom. The highest BCUT2D eigenvalue weighted by molar-refractivity contribution is 5.67. The summed E-state index contributed by atoms with van der Waals surface area (Å²) in [5.41, 5.74) is 0. The second-order valence-electron chi connectivity index (χ2n) is 6.13. The first kappa shape index (κ1) is 19.5. The molecule has 0 unspecified atom stereocenters. The van der Waals surface area contributed by atoms with Crippen LogP contribution in [0.5, 0.6) is 0 Å². The molecular formula is C18H35O2-. The molecule has 0 aromatic carbocycles. The molecule has 0 fully saturated rings. The number of carbonyl (C=O) groups excluding carboxylic acids is 1. The maximum Gasteiger partial charge on any atom is 0.0445 e. The maximum absolute atomic E-state index is 11.1. The third-order valence-electron chi connectivity index (χ3n) is 4.15. The first-order valence-corrected chi connectivity index (χ1v) is 8.93. The standard InChI is InChI=1S/C18H36O2/c1-3-5-7-9-11-13-15-17(18(19)20)16-14-12-10-8-6-4-2/h17H,3-16H2,1-2H3,(H,19,20)/p-1. The minimum Gasteiger partial charge on any atom is -0.550 e. The van der Waals surface area contributed by atoms with Crippen molar-refractivity contribution >= 4 is 5.97 Å². The van der Waals surface area contributed by atoms with Crippen molar-refractivity contribution in [3.8, 4) is 0 Å². The van der Waals surface area contributed by atoms with Gasteiger partial charge < -0.3 is 9.90 Å². The minimum absolute atomic E-state index is 0.202. The second kappa shape index (κ2) is 14.9. The fourth-order valence-electron chi connectivity index (χ4n) is 2.72. The number of rotatable bonds is 15. The summed E-state index contributed by atoms with van der Waals surface area (Å²) < 4.78 is 0. The van der Waals surface area contributed by atoms with E-state index in [0.717, 1.165) is 25.7 Å². The van der Waals surface area contributed by atoms with Crippen LogP contribution in [0.3, 0.4) is 0 Å². The van der Waals surface area contributed by atoms with E-state index in [-0.39, 0.29) is 5.92 Å². The number of hydrogen-bond donors (Lipinski definition) is 0. The van der Waals surface area contributed by atoms with Crippen LogP contribution in [0.2, 0.25) is 0 Å². The van der Waals surface area contributed by atoms with Gasteiger partial charge >= 0.3 is 0 Å². The number of carboxylic acid groups (broad SMARTS) is 1. The lowest BCUT2D eigenvalue weighted by Crippen LogP contribution is -2.31. The third-order valence-corrected chi connectivity index (χ3v) is 4.15. The topological polar surface area (TPSA) is 40.1 Å². The molecule has 0 N–H and O–H groups in total. The third kappa shape index (κ3) is 12.5. The van der Waals surface area contributed by atoms with E-state index in [1.54, 1.807) is 0 Å². The predicted molar refractivity (Wildman–Crippen MR) is 84.5 cm³/mol. The van der Waals surface area contributed by atoms with Crippen LogP contribution < -0.4 is 5.11 Å². The summed E-state index contributed by atoms with van der Waals surface area (Å²) in [4.78, 5) is 11.1. The zero-order valence-electron chi connectivity index (χ0n) is 13.8. The molecule has 0 aromatic rings. The van der Waals surface area contributed by atoms with Gasteiger partial charge in [-0.3, -0.25) is 0 Å². The average Bonchev–Trinajstić information content (AvgIpc) is 2.43. The summed E-state index contributed by atoms with van der Waals surface area (Å²) in [6.45, 7) is 4.43. The summed E-state index contributed by atoms with van der Waals surface area (Å²) in [6.07, 6.45) is 16.4. The first-order valence-electron chi connectivity index (χ1n) is 8.93. The van der Waals surface area contributed by atoms with Crippen LogP contribution in [0.1, 0.15) is 104 Å². The summed E-state index contributed by atoms with van der Waals surface area (Å²) in [5.74, 6) is -1.03. The van der Waals surface area contributed by atoms with Crippen LogP contribution in [0.4, 0.5) is 0 Å². The van der Waals surface area contributed by atoms with E-state index >= 15 is 0 Å². The summed E-state index contributed by atoms with van der Waals surface area (Å²) >= 11 is 0. The van der Waals surface area contributed by atoms with Crippen LogP contribution in [0, 0.1) is 5.92 Å². The van der Waals surface area contributed by atoms with Crippen LogP contribution in [0.15, 0.2) is 0 Å². The molecule has 0 atom stereocenters. The highest BCUT2D eigenvalue weighted by Gasteiger charge is 2.09. The van der Waals surface area contributed by atoms with E-state index in [2.05, 4.69) is 13.8 Å². The van der Waals surface area contributed by atoms with Gasteiger partial charge in [-0.2, -0.15) is 0 Å². The Balaban J connectivity index is 3.53. The summed E-state index contributed by atoms with van der Waals surface area (Å²) in [6, 6.07) is 0. The average molecular weight is 283 g/mol. The van der Waals surface area contributed by atoms with Crippen molar-refractivity contribution in [2.24, 2.45) is 5.92 Å².